The largest absolute Gasteiger partial charge is 0.497 e. The Bertz CT molecular complexity index is 601. The van der Waals surface area contributed by atoms with Crippen molar-refractivity contribution in [3.05, 3.63) is 34.9 Å². The molecule has 2 aromatic rings. The van der Waals surface area contributed by atoms with Crippen molar-refractivity contribution in [2.45, 2.75) is 13.3 Å². The quantitative estimate of drug-likeness (QED) is 0.862. The molecule has 0 aliphatic heterocycles. The minimum Gasteiger partial charge on any atom is -0.497 e. The van der Waals surface area contributed by atoms with Gasteiger partial charge in [0.25, 0.3) is 0 Å². The predicted octanol–water partition coefficient (Wildman–Crippen LogP) is 3.11. The van der Waals surface area contributed by atoms with Gasteiger partial charge in [-0.3, -0.25) is 4.57 Å². The third-order valence-corrected chi connectivity index (χ3v) is 3.14. The average Bonchev–Trinajstić information content (AvgIpc) is 2.78. The molecule has 96 valence electrons. The summed E-state index contributed by atoms with van der Waals surface area (Å²) in [5.41, 5.74) is 1.99. The lowest BCUT2D eigenvalue weighted by Gasteiger charge is -2.13. The maximum atomic E-state index is 5.39. The van der Waals surface area contributed by atoms with Crippen LogP contribution in [0.1, 0.15) is 12.6 Å². The first-order valence-corrected chi connectivity index (χ1v) is 6.13. The maximum Gasteiger partial charge on any atom is 0.182 e. The molecule has 1 heterocycles. The van der Waals surface area contributed by atoms with E-state index in [1.54, 1.807) is 14.2 Å². The zero-order valence-electron chi connectivity index (χ0n) is 10.7. The van der Waals surface area contributed by atoms with Crippen molar-refractivity contribution in [2.75, 3.05) is 14.2 Å². The number of imidazole rings is 1. The number of methoxy groups -OCH3 is 2. The Morgan fingerprint density at radius 3 is 2.67 bits per heavy atom. The highest BCUT2D eigenvalue weighted by Gasteiger charge is 2.11. The van der Waals surface area contributed by atoms with Crippen LogP contribution in [0.2, 0.25) is 0 Å². The third kappa shape index (κ3) is 2.13. The van der Waals surface area contributed by atoms with Gasteiger partial charge in [-0.2, -0.15) is 0 Å². The van der Waals surface area contributed by atoms with Gasteiger partial charge in [0.2, 0.25) is 0 Å². The van der Waals surface area contributed by atoms with Crippen LogP contribution >= 0.6 is 12.2 Å². The summed E-state index contributed by atoms with van der Waals surface area (Å²) < 4.78 is 13.3. The van der Waals surface area contributed by atoms with E-state index < -0.39 is 0 Å². The molecule has 4 nitrogen and oxygen atoms in total. The van der Waals surface area contributed by atoms with Gasteiger partial charge in [0.05, 0.1) is 19.9 Å². The molecule has 0 saturated heterocycles. The van der Waals surface area contributed by atoms with Crippen LogP contribution in [0.3, 0.4) is 0 Å². The molecule has 5 heteroatoms. The van der Waals surface area contributed by atoms with Crippen molar-refractivity contribution in [3.63, 3.8) is 0 Å². The van der Waals surface area contributed by atoms with Gasteiger partial charge in [0, 0.05) is 18.0 Å². The summed E-state index contributed by atoms with van der Waals surface area (Å²) in [6.45, 7) is 2.08. The molecule has 0 unspecified atom stereocenters. The minimum atomic E-state index is 0.651. The van der Waals surface area contributed by atoms with Gasteiger partial charge in [-0.1, -0.05) is 6.92 Å². The predicted molar refractivity (Wildman–Crippen MR) is 73.4 cm³/mol. The first kappa shape index (κ1) is 12.7. The Kier molecular flexibility index (Phi) is 3.72. The van der Waals surface area contributed by atoms with Crippen molar-refractivity contribution in [3.8, 4) is 17.2 Å². The molecule has 0 bridgehead atoms. The van der Waals surface area contributed by atoms with Crippen molar-refractivity contribution < 1.29 is 9.47 Å². The number of aromatic nitrogens is 2. The molecular weight excluding hydrogens is 248 g/mol. The molecule has 0 atom stereocenters. The number of H-pyrrole nitrogens is 1. The van der Waals surface area contributed by atoms with E-state index in [4.69, 9.17) is 21.7 Å². The molecular formula is C13H16N2O2S. The Morgan fingerprint density at radius 1 is 1.28 bits per heavy atom. The van der Waals surface area contributed by atoms with Crippen molar-refractivity contribution in [1.82, 2.24) is 9.55 Å². The molecule has 0 amide bonds. The smallest absolute Gasteiger partial charge is 0.182 e. The molecule has 2 rings (SSSR count). The normalized spacial score (nSPS) is 10.4. The SMILES string of the molecule is CCc1c[nH]c(=S)n1-c1cc(OC)ccc1OC. The van der Waals surface area contributed by atoms with Gasteiger partial charge >= 0.3 is 0 Å². The molecule has 0 aliphatic carbocycles. The molecule has 0 saturated carbocycles. The molecule has 0 fully saturated rings. The molecule has 1 aromatic carbocycles. The van der Waals surface area contributed by atoms with Crippen LogP contribution in [-0.2, 0) is 6.42 Å². The second-order valence-electron chi connectivity index (χ2n) is 3.81. The second-order valence-corrected chi connectivity index (χ2v) is 4.20. The van der Waals surface area contributed by atoms with Crippen LogP contribution in [0.4, 0.5) is 0 Å². The van der Waals surface area contributed by atoms with E-state index in [-0.39, 0.29) is 0 Å². The van der Waals surface area contributed by atoms with Crippen LogP contribution in [0.15, 0.2) is 24.4 Å². The van der Waals surface area contributed by atoms with E-state index in [1.165, 1.54) is 0 Å². The van der Waals surface area contributed by atoms with E-state index in [1.807, 2.05) is 29.0 Å². The van der Waals surface area contributed by atoms with E-state index in [2.05, 4.69) is 11.9 Å². The summed E-state index contributed by atoms with van der Waals surface area (Å²) in [4.78, 5) is 3.06. The fourth-order valence-corrected chi connectivity index (χ4v) is 2.17. The summed E-state index contributed by atoms with van der Waals surface area (Å²) in [5.74, 6) is 1.54. The van der Waals surface area contributed by atoms with E-state index in [0.29, 0.717) is 4.77 Å². The number of benzene rings is 1. The lowest BCUT2D eigenvalue weighted by molar-refractivity contribution is 0.401. The minimum absolute atomic E-state index is 0.651. The Morgan fingerprint density at radius 2 is 2.06 bits per heavy atom. The summed E-state index contributed by atoms with van der Waals surface area (Å²) in [6.07, 6.45) is 2.80. The Hall–Kier alpha value is -1.75. The van der Waals surface area contributed by atoms with Gasteiger partial charge in [-0.15, -0.1) is 0 Å². The molecule has 0 aliphatic rings. The first-order valence-electron chi connectivity index (χ1n) is 5.73. The van der Waals surface area contributed by atoms with Crippen molar-refractivity contribution in [2.24, 2.45) is 0 Å². The van der Waals surface area contributed by atoms with E-state index in [0.717, 1.165) is 29.3 Å². The van der Waals surface area contributed by atoms with Gasteiger partial charge in [-0.05, 0) is 30.8 Å². The van der Waals surface area contributed by atoms with Gasteiger partial charge in [0.1, 0.15) is 11.5 Å². The molecule has 0 spiro atoms. The summed E-state index contributed by atoms with van der Waals surface area (Å²) >= 11 is 5.32. The van der Waals surface area contributed by atoms with E-state index in [9.17, 15) is 0 Å². The zero-order chi connectivity index (χ0) is 13.1. The maximum absolute atomic E-state index is 5.39. The molecule has 0 radical (unpaired) electrons. The monoisotopic (exact) mass is 264 g/mol. The Labute approximate surface area is 111 Å². The highest BCUT2D eigenvalue weighted by Crippen LogP contribution is 2.29. The number of aromatic amines is 1. The number of ether oxygens (including phenoxy) is 2. The number of rotatable bonds is 4. The van der Waals surface area contributed by atoms with Crippen molar-refractivity contribution in [1.29, 1.82) is 0 Å². The van der Waals surface area contributed by atoms with Crippen LogP contribution in [0, 0.1) is 4.77 Å². The lowest BCUT2D eigenvalue weighted by Crippen LogP contribution is -2.02. The topological polar surface area (TPSA) is 39.2 Å². The van der Waals surface area contributed by atoms with Crippen LogP contribution in [0.5, 0.6) is 11.5 Å². The highest BCUT2D eigenvalue weighted by molar-refractivity contribution is 7.71. The van der Waals surface area contributed by atoms with Crippen LogP contribution in [-0.4, -0.2) is 23.8 Å². The van der Waals surface area contributed by atoms with Crippen LogP contribution in [0.25, 0.3) is 5.69 Å². The number of nitrogens with zero attached hydrogens (tertiary/aromatic N) is 1. The highest BCUT2D eigenvalue weighted by atomic mass is 32.1. The number of nitrogens with one attached hydrogen (secondary N) is 1. The number of hydrogen-bond donors (Lipinski definition) is 1. The third-order valence-electron chi connectivity index (χ3n) is 2.84. The lowest BCUT2D eigenvalue weighted by atomic mass is 10.2. The average molecular weight is 264 g/mol. The number of aryl methyl sites for hydroxylation is 1. The van der Waals surface area contributed by atoms with E-state index >= 15 is 0 Å². The molecule has 1 N–H and O–H groups in total. The summed E-state index contributed by atoms with van der Waals surface area (Å²) in [7, 11) is 3.29. The van der Waals surface area contributed by atoms with Gasteiger partial charge in [-0.25, -0.2) is 0 Å². The standard InChI is InChI=1S/C13H16N2O2S/c1-4-9-8-14-13(18)15(9)11-7-10(16-2)5-6-12(11)17-3/h5-8H,4H2,1-3H3,(H,14,18). The first-order chi connectivity index (χ1) is 8.71. The second kappa shape index (κ2) is 5.27. The zero-order valence-corrected chi connectivity index (χ0v) is 11.5. The fourth-order valence-electron chi connectivity index (χ4n) is 1.90. The number of hydrogen-bond acceptors (Lipinski definition) is 3. The summed E-state index contributed by atoms with van der Waals surface area (Å²) in [5, 5.41) is 0. The van der Waals surface area contributed by atoms with Gasteiger partial charge in [0.15, 0.2) is 4.77 Å². The van der Waals surface area contributed by atoms with Crippen LogP contribution < -0.4 is 9.47 Å². The Balaban J connectivity index is 2.68. The van der Waals surface area contributed by atoms with Crippen molar-refractivity contribution >= 4 is 12.2 Å². The molecule has 18 heavy (non-hydrogen) atoms. The summed E-state index contributed by atoms with van der Waals surface area (Å²) in [6, 6.07) is 5.66. The fraction of sp³-hybridized carbons (Fsp3) is 0.308. The molecule has 1 aromatic heterocycles. The van der Waals surface area contributed by atoms with Gasteiger partial charge < -0.3 is 14.5 Å².